The molecular weight excluding hydrogens is 313 g/mol. The van der Waals surface area contributed by atoms with Crippen LogP contribution in [0, 0.1) is 13.8 Å². The number of alkyl halides is 3. The van der Waals surface area contributed by atoms with Gasteiger partial charge in [-0.3, -0.25) is 20.4 Å². The minimum Gasteiger partial charge on any atom is -0.484 e. The number of hydrazine groups is 1. The second-order valence-corrected chi connectivity index (χ2v) is 4.54. The summed E-state index contributed by atoms with van der Waals surface area (Å²) in [6.45, 7) is 2.93. The van der Waals surface area contributed by atoms with Crippen molar-refractivity contribution in [2.45, 2.75) is 20.0 Å². The van der Waals surface area contributed by atoms with Crippen LogP contribution in [0.2, 0.25) is 5.02 Å². The van der Waals surface area contributed by atoms with E-state index >= 15 is 0 Å². The predicted molar refractivity (Wildman–Crippen MR) is 68.8 cm³/mol. The molecule has 1 rings (SSSR count). The molecule has 0 aliphatic carbocycles. The van der Waals surface area contributed by atoms with Crippen molar-refractivity contribution in [2.75, 3.05) is 6.61 Å². The molecule has 0 unspecified atom stereocenters. The van der Waals surface area contributed by atoms with Crippen LogP contribution < -0.4 is 15.6 Å². The monoisotopic (exact) mass is 324 g/mol. The average molecular weight is 325 g/mol. The van der Waals surface area contributed by atoms with Crippen LogP contribution in [-0.2, 0) is 9.59 Å². The zero-order valence-electron chi connectivity index (χ0n) is 11.1. The summed E-state index contributed by atoms with van der Waals surface area (Å²) in [5.74, 6) is -2.86. The molecule has 2 amide bonds. The Morgan fingerprint density at radius 3 is 2.19 bits per heavy atom. The van der Waals surface area contributed by atoms with Crippen LogP contribution in [0.15, 0.2) is 12.1 Å². The topological polar surface area (TPSA) is 67.4 Å². The number of amides is 2. The van der Waals surface area contributed by atoms with Crippen LogP contribution >= 0.6 is 11.6 Å². The number of carbonyl (C=O) groups excluding carboxylic acids is 2. The zero-order valence-corrected chi connectivity index (χ0v) is 11.9. The van der Waals surface area contributed by atoms with E-state index in [9.17, 15) is 22.8 Å². The van der Waals surface area contributed by atoms with Gasteiger partial charge in [0.25, 0.3) is 5.91 Å². The van der Waals surface area contributed by atoms with Gasteiger partial charge in [0.1, 0.15) is 5.75 Å². The maximum Gasteiger partial charge on any atom is 0.472 e. The molecule has 0 aliphatic rings. The Bertz CT molecular complexity index is 538. The van der Waals surface area contributed by atoms with Gasteiger partial charge in [0.2, 0.25) is 0 Å². The van der Waals surface area contributed by atoms with Gasteiger partial charge in [0, 0.05) is 5.02 Å². The maximum absolute atomic E-state index is 11.9. The van der Waals surface area contributed by atoms with Crippen LogP contribution in [0.25, 0.3) is 0 Å². The SMILES string of the molecule is Cc1cc(OCC(=O)NNC(=O)C(F)(F)F)cc(C)c1Cl. The molecule has 0 bridgehead atoms. The van der Waals surface area contributed by atoms with Crippen molar-refractivity contribution in [1.82, 2.24) is 10.9 Å². The lowest BCUT2D eigenvalue weighted by atomic mass is 10.1. The number of benzene rings is 1. The van der Waals surface area contributed by atoms with Gasteiger partial charge in [-0.05, 0) is 37.1 Å². The maximum atomic E-state index is 11.9. The summed E-state index contributed by atoms with van der Waals surface area (Å²) in [5.41, 5.74) is 4.28. The third-order valence-electron chi connectivity index (χ3n) is 2.35. The average Bonchev–Trinajstić information content (AvgIpc) is 2.38. The Kier molecular flexibility index (Phi) is 5.42. The second kappa shape index (κ2) is 6.66. The summed E-state index contributed by atoms with van der Waals surface area (Å²) in [6.07, 6.45) is -5.07. The largest absolute Gasteiger partial charge is 0.484 e. The molecule has 116 valence electrons. The van der Waals surface area contributed by atoms with Crippen molar-refractivity contribution in [3.05, 3.63) is 28.3 Å². The van der Waals surface area contributed by atoms with Crippen molar-refractivity contribution in [3.63, 3.8) is 0 Å². The summed E-state index contributed by atoms with van der Waals surface area (Å²) < 4.78 is 40.7. The van der Waals surface area contributed by atoms with Crippen LogP contribution in [0.3, 0.4) is 0 Å². The highest BCUT2D eigenvalue weighted by atomic mass is 35.5. The summed E-state index contributed by atoms with van der Waals surface area (Å²) in [4.78, 5) is 21.7. The van der Waals surface area contributed by atoms with Gasteiger partial charge in [0.15, 0.2) is 6.61 Å². The number of hydrogen-bond donors (Lipinski definition) is 2. The molecule has 0 atom stereocenters. The van der Waals surface area contributed by atoms with Gasteiger partial charge in [-0.25, -0.2) is 0 Å². The Morgan fingerprint density at radius 1 is 1.19 bits per heavy atom. The Hall–Kier alpha value is -1.96. The third-order valence-corrected chi connectivity index (χ3v) is 2.95. The fraction of sp³-hybridized carbons (Fsp3) is 0.333. The van der Waals surface area contributed by atoms with Crippen LogP contribution in [0.5, 0.6) is 5.75 Å². The van der Waals surface area contributed by atoms with E-state index in [2.05, 4.69) is 0 Å². The van der Waals surface area contributed by atoms with Gasteiger partial charge in [-0.1, -0.05) is 11.6 Å². The van der Waals surface area contributed by atoms with Gasteiger partial charge in [-0.15, -0.1) is 0 Å². The number of hydrogen-bond acceptors (Lipinski definition) is 3. The van der Waals surface area contributed by atoms with Gasteiger partial charge in [0.05, 0.1) is 0 Å². The van der Waals surface area contributed by atoms with Crippen molar-refractivity contribution in [3.8, 4) is 5.75 Å². The summed E-state index contributed by atoms with van der Waals surface area (Å²) in [5, 5.41) is 0.559. The fourth-order valence-corrected chi connectivity index (χ4v) is 1.48. The molecule has 0 spiro atoms. The van der Waals surface area contributed by atoms with E-state index in [4.69, 9.17) is 16.3 Å². The minimum atomic E-state index is -5.07. The molecule has 0 saturated carbocycles. The molecular formula is C12H12ClF3N2O3. The number of ether oxygens (including phenoxy) is 1. The standard InChI is InChI=1S/C12H12ClF3N2O3/c1-6-3-8(4-7(2)10(6)13)21-5-9(19)17-18-11(20)12(14,15)16/h3-4H,5H2,1-2H3,(H,17,19)(H,18,20). The van der Waals surface area contributed by atoms with Crippen molar-refractivity contribution < 1.29 is 27.5 Å². The van der Waals surface area contributed by atoms with E-state index < -0.39 is 24.6 Å². The molecule has 0 aliphatic heterocycles. The van der Waals surface area contributed by atoms with Gasteiger partial charge in [-0.2, -0.15) is 13.2 Å². The minimum absolute atomic E-state index is 0.340. The molecule has 1 aromatic rings. The first-order valence-electron chi connectivity index (χ1n) is 5.67. The zero-order chi connectivity index (χ0) is 16.2. The molecule has 5 nitrogen and oxygen atoms in total. The number of aryl methyl sites for hydroxylation is 2. The van der Waals surface area contributed by atoms with E-state index in [0.29, 0.717) is 10.8 Å². The second-order valence-electron chi connectivity index (χ2n) is 4.16. The molecule has 0 aromatic heterocycles. The molecule has 1 aromatic carbocycles. The number of rotatable bonds is 3. The van der Waals surface area contributed by atoms with Crippen molar-refractivity contribution >= 4 is 23.4 Å². The molecule has 0 saturated heterocycles. The van der Waals surface area contributed by atoms with Crippen LogP contribution in [0.4, 0.5) is 13.2 Å². The first-order chi connectivity index (χ1) is 9.61. The Labute approximate surface area is 123 Å². The molecule has 0 radical (unpaired) electrons. The highest BCUT2D eigenvalue weighted by molar-refractivity contribution is 6.32. The summed E-state index contributed by atoms with van der Waals surface area (Å²) in [7, 11) is 0. The lowest BCUT2D eigenvalue weighted by Gasteiger charge is -2.11. The first kappa shape index (κ1) is 17.1. The summed E-state index contributed by atoms with van der Waals surface area (Å²) in [6, 6.07) is 3.16. The molecule has 0 heterocycles. The summed E-state index contributed by atoms with van der Waals surface area (Å²) >= 11 is 5.95. The van der Waals surface area contributed by atoms with Crippen LogP contribution in [-0.4, -0.2) is 24.6 Å². The van der Waals surface area contributed by atoms with Crippen molar-refractivity contribution in [2.24, 2.45) is 0 Å². The quantitative estimate of drug-likeness (QED) is 0.836. The molecule has 0 fully saturated rings. The third kappa shape index (κ3) is 5.14. The van der Waals surface area contributed by atoms with E-state index in [1.54, 1.807) is 31.4 Å². The highest BCUT2D eigenvalue weighted by Crippen LogP contribution is 2.25. The smallest absolute Gasteiger partial charge is 0.472 e. The normalized spacial score (nSPS) is 11.0. The van der Waals surface area contributed by atoms with E-state index in [0.717, 1.165) is 11.1 Å². The number of nitrogens with one attached hydrogen (secondary N) is 2. The molecule has 9 heteroatoms. The molecule has 21 heavy (non-hydrogen) atoms. The van der Waals surface area contributed by atoms with Crippen LogP contribution in [0.1, 0.15) is 11.1 Å². The first-order valence-corrected chi connectivity index (χ1v) is 6.04. The van der Waals surface area contributed by atoms with Crippen molar-refractivity contribution in [1.29, 1.82) is 0 Å². The Morgan fingerprint density at radius 2 is 1.71 bits per heavy atom. The lowest BCUT2D eigenvalue weighted by molar-refractivity contribution is -0.175. The highest BCUT2D eigenvalue weighted by Gasteiger charge is 2.38. The predicted octanol–water partition coefficient (Wildman–Crippen LogP) is 2.05. The Balaban J connectivity index is 2.49. The van der Waals surface area contributed by atoms with Gasteiger partial charge >= 0.3 is 12.1 Å². The number of halogens is 4. The van der Waals surface area contributed by atoms with E-state index in [1.165, 1.54) is 5.43 Å². The lowest BCUT2D eigenvalue weighted by Crippen LogP contribution is -2.49. The van der Waals surface area contributed by atoms with E-state index in [1.807, 2.05) is 0 Å². The van der Waals surface area contributed by atoms with E-state index in [-0.39, 0.29) is 0 Å². The molecule has 2 N–H and O–H groups in total. The fourth-order valence-electron chi connectivity index (χ4n) is 1.37. The van der Waals surface area contributed by atoms with Gasteiger partial charge < -0.3 is 4.74 Å². The number of carbonyl (C=O) groups is 2.